The largest absolute Gasteiger partial charge is 0.497 e. The van der Waals surface area contributed by atoms with Gasteiger partial charge in [0, 0.05) is 17.8 Å². The van der Waals surface area contributed by atoms with E-state index < -0.39 is 0 Å². The van der Waals surface area contributed by atoms with Crippen molar-refractivity contribution in [1.82, 2.24) is 4.57 Å². The number of ether oxygens (including phenoxy) is 1. The fourth-order valence-corrected chi connectivity index (χ4v) is 3.05. The quantitative estimate of drug-likeness (QED) is 0.447. The van der Waals surface area contributed by atoms with Gasteiger partial charge in [0.15, 0.2) is 5.69 Å². The van der Waals surface area contributed by atoms with Gasteiger partial charge < -0.3 is 14.4 Å². The van der Waals surface area contributed by atoms with Crippen LogP contribution in [-0.2, 0) is 4.79 Å². The van der Waals surface area contributed by atoms with E-state index >= 15 is 0 Å². The topological polar surface area (TPSA) is 76.2 Å². The summed E-state index contributed by atoms with van der Waals surface area (Å²) in [5.74, 6) is 0.425. The number of carbonyl (C=O) groups is 1. The average Bonchev–Trinajstić information content (AvgIpc) is 2.90. The normalized spacial score (nSPS) is 11.7. The molecule has 1 heterocycles. The van der Waals surface area contributed by atoms with Crippen LogP contribution in [0.5, 0.6) is 11.6 Å². The molecular weight excluding hydrogens is 330 g/mol. The molecule has 2 rings (SSSR count). The second-order valence-corrected chi connectivity index (χ2v) is 6.78. The maximum absolute atomic E-state index is 12.0. The molecule has 0 spiro atoms. The fraction of sp³-hybridized carbons (Fsp3) is 0.550. The van der Waals surface area contributed by atoms with Gasteiger partial charge in [0.2, 0.25) is 5.88 Å². The highest BCUT2D eigenvalue weighted by molar-refractivity contribution is 5.96. The van der Waals surface area contributed by atoms with Gasteiger partial charge >= 0.3 is 0 Å². The lowest BCUT2D eigenvalue weighted by Crippen LogP contribution is -1.99. The van der Waals surface area contributed by atoms with Crippen molar-refractivity contribution in [2.45, 2.75) is 65.3 Å². The van der Waals surface area contributed by atoms with Gasteiger partial charge in [0.25, 0.3) is 5.91 Å². The number of nitrogens with zero attached hydrogens (tertiary/aromatic N) is 3. The predicted octanol–water partition coefficient (Wildman–Crippen LogP) is 5.91. The third-order valence-corrected chi connectivity index (χ3v) is 4.43. The van der Waals surface area contributed by atoms with Crippen molar-refractivity contribution in [2.24, 2.45) is 10.2 Å². The molecule has 142 valence electrons. The van der Waals surface area contributed by atoms with Crippen molar-refractivity contribution in [3.05, 3.63) is 18.2 Å². The van der Waals surface area contributed by atoms with Gasteiger partial charge in [-0.15, -0.1) is 10.2 Å². The molecule has 0 atom stereocenters. The molecule has 1 amide bonds. The molecule has 0 bridgehead atoms. The highest BCUT2D eigenvalue weighted by atomic mass is 16.5. The molecule has 26 heavy (non-hydrogen) atoms. The molecule has 0 radical (unpaired) electrons. The second kappa shape index (κ2) is 9.36. The third kappa shape index (κ3) is 4.62. The number of azo groups is 1. The van der Waals surface area contributed by atoms with E-state index in [2.05, 4.69) is 17.2 Å². The number of amides is 1. The Morgan fingerprint density at radius 1 is 1.23 bits per heavy atom. The number of rotatable bonds is 9. The number of carbonyl (C=O) groups excluding carboxylic acids is 1. The van der Waals surface area contributed by atoms with E-state index in [1.165, 1.54) is 12.8 Å². The average molecular weight is 359 g/mol. The zero-order chi connectivity index (χ0) is 19.1. The first kappa shape index (κ1) is 19.9. The Hall–Kier alpha value is -2.37. The molecular formula is C20H29N3O3. The summed E-state index contributed by atoms with van der Waals surface area (Å²) in [6.07, 6.45) is 5.76. The van der Waals surface area contributed by atoms with Crippen molar-refractivity contribution in [3.8, 4) is 11.6 Å². The van der Waals surface area contributed by atoms with Crippen molar-refractivity contribution in [2.75, 3.05) is 7.11 Å². The number of methoxy groups -OCH3 is 1. The summed E-state index contributed by atoms with van der Waals surface area (Å²) in [6, 6.07) is 5.56. The summed E-state index contributed by atoms with van der Waals surface area (Å²) >= 11 is 0. The van der Waals surface area contributed by atoms with Crippen LogP contribution < -0.4 is 4.74 Å². The number of unbranched alkanes of at least 4 members (excludes halogenated alkanes) is 4. The number of hydrogen-bond donors (Lipinski definition) is 1. The molecule has 2 aromatic rings. The van der Waals surface area contributed by atoms with Gasteiger partial charge in [-0.3, -0.25) is 4.79 Å². The molecule has 0 saturated heterocycles. The SMILES string of the molecule is CCCCCCCC(=O)N=Nc1c(O)n(C(C)C)c2ccc(OC)cc12. The summed E-state index contributed by atoms with van der Waals surface area (Å²) in [6.45, 7) is 6.12. The van der Waals surface area contributed by atoms with Crippen LogP contribution in [0.25, 0.3) is 10.9 Å². The maximum atomic E-state index is 12.0. The second-order valence-electron chi connectivity index (χ2n) is 6.78. The van der Waals surface area contributed by atoms with Crippen LogP contribution in [0.2, 0.25) is 0 Å². The van der Waals surface area contributed by atoms with Crippen LogP contribution in [0.15, 0.2) is 28.4 Å². The van der Waals surface area contributed by atoms with Crippen LogP contribution in [-0.4, -0.2) is 22.7 Å². The molecule has 1 aromatic heterocycles. The molecule has 6 heteroatoms. The first-order chi connectivity index (χ1) is 12.5. The molecule has 1 aromatic carbocycles. The van der Waals surface area contributed by atoms with Crippen molar-refractivity contribution >= 4 is 22.5 Å². The molecule has 1 N–H and O–H groups in total. The van der Waals surface area contributed by atoms with E-state index in [1.54, 1.807) is 17.7 Å². The lowest BCUT2D eigenvalue weighted by Gasteiger charge is -2.10. The highest BCUT2D eigenvalue weighted by Gasteiger charge is 2.19. The zero-order valence-electron chi connectivity index (χ0n) is 16.2. The maximum Gasteiger partial charge on any atom is 0.264 e. The first-order valence-electron chi connectivity index (χ1n) is 9.35. The fourth-order valence-electron chi connectivity index (χ4n) is 3.05. The summed E-state index contributed by atoms with van der Waals surface area (Å²) in [4.78, 5) is 12.0. The molecule has 0 fully saturated rings. The van der Waals surface area contributed by atoms with Gasteiger partial charge in [-0.05, 0) is 38.5 Å². The molecule has 0 saturated carbocycles. The van der Waals surface area contributed by atoms with E-state index in [0.717, 1.165) is 30.2 Å². The minimum absolute atomic E-state index is 0.0164. The molecule has 0 aliphatic carbocycles. The Morgan fingerprint density at radius 3 is 2.62 bits per heavy atom. The molecule has 0 aliphatic rings. The van der Waals surface area contributed by atoms with Crippen LogP contribution in [0, 0.1) is 0 Å². The van der Waals surface area contributed by atoms with E-state index in [1.807, 2.05) is 26.0 Å². The number of aromatic nitrogens is 1. The van der Waals surface area contributed by atoms with E-state index in [0.29, 0.717) is 17.9 Å². The summed E-state index contributed by atoms with van der Waals surface area (Å²) in [5, 5.41) is 19.2. The van der Waals surface area contributed by atoms with Crippen molar-refractivity contribution < 1.29 is 14.6 Å². The smallest absolute Gasteiger partial charge is 0.264 e. The number of aromatic hydroxyl groups is 1. The molecule has 0 unspecified atom stereocenters. The van der Waals surface area contributed by atoms with Crippen LogP contribution in [0.3, 0.4) is 0 Å². The minimum Gasteiger partial charge on any atom is -0.497 e. The lowest BCUT2D eigenvalue weighted by atomic mass is 10.1. The zero-order valence-corrected chi connectivity index (χ0v) is 16.2. The Balaban J connectivity index is 2.22. The lowest BCUT2D eigenvalue weighted by molar-refractivity contribution is -0.118. The summed E-state index contributed by atoms with van der Waals surface area (Å²) < 4.78 is 7.04. The summed E-state index contributed by atoms with van der Waals surface area (Å²) in [7, 11) is 1.59. The van der Waals surface area contributed by atoms with E-state index in [4.69, 9.17) is 4.74 Å². The van der Waals surface area contributed by atoms with Crippen LogP contribution in [0.4, 0.5) is 5.69 Å². The van der Waals surface area contributed by atoms with E-state index in [9.17, 15) is 9.90 Å². The molecule has 0 aliphatic heterocycles. The Kier molecular flexibility index (Phi) is 7.18. The van der Waals surface area contributed by atoms with E-state index in [-0.39, 0.29) is 17.8 Å². The standard InChI is InChI=1S/C20H29N3O3/c1-5-6-7-8-9-10-18(24)21-22-19-16-13-15(26-4)11-12-17(16)23(14(2)3)20(19)25/h11-14,25H,5-10H2,1-4H3. The minimum atomic E-state index is -0.255. The van der Waals surface area contributed by atoms with Gasteiger partial charge in [-0.25, -0.2) is 0 Å². The first-order valence-corrected chi connectivity index (χ1v) is 9.35. The number of fused-ring (bicyclic) bond motifs is 1. The number of hydrogen-bond acceptors (Lipinski definition) is 4. The van der Waals surface area contributed by atoms with Crippen molar-refractivity contribution in [3.63, 3.8) is 0 Å². The van der Waals surface area contributed by atoms with Crippen LogP contribution >= 0.6 is 0 Å². The molecule has 6 nitrogen and oxygen atoms in total. The van der Waals surface area contributed by atoms with Gasteiger partial charge in [-0.2, -0.15) is 0 Å². The highest BCUT2D eigenvalue weighted by Crippen LogP contribution is 2.42. The Labute approximate surface area is 154 Å². The van der Waals surface area contributed by atoms with Gasteiger partial charge in [0.05, 0.1) is 12.6 Å². The Bertz CT molecular complexity index is 778. The summed E-state index contributed by atoms with van der Waals surface area (Å²) in [5.41, 5.74) is 1.14. The Morgan fingerprint density at radius 2 is 1.96 bits per heavy atom. The van der Waals surface area contributed by atoms with Gasteiger partial charge in [0.1, 0.15) is 5.75 Å². The van der Waals surface area contributed by atoms with Gasteiger partial charge in [-0.1, -0.05) is 32.6 Å². The van der Waals surface area contributed by atoms with Crippen LogP contribution in [0.1, 0.15) is 65.3 Å². The monoisotopic (exact) mass is 359 g/mol. The van der Waals surface area contributed by atoms with Crippen molar-refractivity contribution in [1.29, 1.82) is 0 Å². The third-order valence-electron chi connectivity index (χ3n) is 4.43. The number of benzene rings is 1. The predicted molar refractivity (Wildman–Crippen MR) is 103 cm³/mol.